The van der Waals surface area contributed by atoms with Crippen LogP contribution in [0.15, 0.2) is 45.8 Å². The van der Waals surface area contributed by atoms with Crippen molar-refractivity contribution in [1.29, 1.82) is 0 Å². The highest BCUT2D eigenvalue weighted by molar-refractivity contribution is 7.08. The van der Waals surface area contributed by atoms with Gasteiger partial charge in [-0.1, -0.05) is 0 Å². The Morgan fingerprint density at radius 2 is 1.74 bits per heavy atom. The smallest absolute Gasteiger partial charge is 0.328 e. The van der Waals surface area contributed by atoms with Crippen LogP contribution in [-0.4, -0.2) is 43.8 Å². The molecule has 27 heavy (non-hydrogen) atoms. The highest BCUT2D eigenvalue weighted by Gasteiger charge is 2.33. The minimum atomic E-state index is -1.51. The van der Waals surface area contributed by atoms with Crippen LogP contribution in [0.4, 0.5) is 0 Å². The van der Waals surface area contributed by atoms with E-state index in [1.807, 2.05) is 0 Å². The highest BCUT2D eigenvalue weighted by atomic mass is 32.1. The van der Waals surface area contributed by atoms with Crippen molar-refractivity contribution < 1.29 is 29.4 Å². The Labute approximate surface area is 167 Å². The van der Waals surface area contributed by atoms with E-state index >= 15 is 0 Å². The van der Waals surface area contributed by atoms with Crippen molar-refractivity contribution in [3.05, 3.63) is 56.9 Å². The van der Waals surface area contributed by atoms with Crippen molar-refractivity contribution in [3.63, 3.8) is 0 Å². The fourth-order valence-electron chi connectivity index (χ4n) is 2.53. The first-order valence-corrected chi connectivity index (χ1v) is 10.2. The molecule has 0 aliphatic heterocycles. The molecule has 0 saturated heterocycles. The molecule has 0 aliphatic carbocycles. The summed E-state index contributed by atoms with van der Waals surface area (Å²) in [6.45, 7) is 5.34. The van der Waals surface area contributed by atoms with Gasteiger partial charge in [0.15, 0.2) is 0 Å². The molecule has 0 aromatic carbocycles. The molecule has 0 radical (unpaired) electrons. The maximum Gasteiger partial charge on any atom is 0.328 e. The lowest BCUT2D eigenvalue weighted by molar-refractivity contribution is -0.862. The Bertz CT molecular complexity index is 673. The monoisotopic (exact) mass is 411 g/mol. The molecule has 6 nitrogen and oxygen atoms in total. The third-order valence-corrected chi connectivity index (χ3v) is 5.01. The average molecular weight is 412 g/mol. The Kier molecular flexibility index (Phi) is 9.37. The van der Waals surface area contributed by atoms with E-state index in [1.54, 1.807) is 22.7 Å². The van der Waals surface area contributed by atoms with E-state index in [9.17, 15) is 14.7 Å². The van der Waals surface area contributed by atoms with Crippen molar-refractivity contribution >= 4 is 34.6 Å². The van der Waals surface area contributed by atoms with Gasteiger partial charge in [0.1, 0.15) is 18.2 Å². The number of thiophene rings is 2. The van der Waals surface area contributed by atoms with Crippen LogP contribution in [-0.2, 0) is 19.9 Å². The number of carbonyl (C=O) groups is 2. The van der Waals surface area contributed by atoms with Gasteiger partial charge in [0.2, 0.25) is 0 Å². The summed E-state index contributed by atoms with van der Waals surface area (Å²) in [6.07, 6.45) is 1.16. The molecule has 148 valence electrons. The van der Waals surface area contributed by atoms with E-state index in [1.165, 1.54) is 16.0 Å². The van der Waals surface area contributed by atoms with Gasteiger partial charge in [-0.05, 0) is 64.7 Å². The van der Waals surface area contributed by atoms with Crippen molar-refractivity contribution in [1.82, 2.24) is 0 Å². The molecule has 2 N–H and O–H groups in total. The first-order chi connectivity index (χ1) is 12.6. The largest absolute Gasteiger partial charge is 0.545 e. The summed E-state index contributed by atoms with van der Waals surface area (Å²) in [5, 5.41) is 25.8. The van der Waals surface area contributed by atoms with Crippen molar-refractivity contribution in [2.24, 2.45) is 0 Å². The standard InChI is InChI=1S/C15H21NOS2.C4H4O4/c1-12(9-16(3)4)17-15(2,13-5-7-18-10-13)14-6-8-19-11-14;5-3(6)1-2-4(7)8/h5-8,10-12H,9H2,1-4H3;1-2H,(H,5,6)(H,7,8)/b;2-1+. The molecule has 1 atom stereocenters. The molecule has 0 fully saturated rings. The number of rotatable bonds is 8. The predicted octanol–water partition coefficient (Wildman–Crippen LogP) is 1.000. The molecule has 0 aliphatic rings. The van der Waals surface area contributed by atoms with Crippen LogP contribution in [0.1, 0.15) is 25.0 Å². The Hall–Kier alpha value is -2.00. The van der Waals surface area contributed by atoms with E-state index < -0.39 is 11.9 Å². The van der Waals surface area contributed by atoms with E-state index in [-0.39, 0.29) is 11.7 Å². The van der Waals surface area contributed by atoms with Crippen LogP contribution in [0.25, 0.3) is 0 Å². The normalized spacial score (nSPS) is 12.6. The second-order valence-corrected chi connectivity index (χ2v) is 7.95. The molecule has 2 aromatic heterocycles. The molecule has 1 unspecified atom stereocenters. The first-order valence-electron chi connectivity index (χ1n) is 8.29. The number of carboxylic acid groups (broad SMARTS) is 2. The van der Waals surface area contributed by atoms with Crippen molar-refractivity contribution in [2.45, 2.75) is 25.6 Å². The van der Waals surface area contributed by atoms with Crippen LogP contribution in [0.3, 0.4) is 0 Å². The maximum absolute atomic E-state index is 9.53. The van der Waals surface area contributed by atoms with Crippen LogP contribution >= 0.6 is 22.7 Å². The average Bonchev–Trinajstić information content (AvgIpc) is 3.26. The van der Waals surface area contributed by atoms with Gasteiger partial charge in [-0.25, -0.2) is 4.79 Å². The number of carboxylic acids is 2. The number of hydrogen-bond donors (Lipinski definition) is 2. The highest BCUT2D eigenvalue weighted by Crippen LogP contribution is 2.36. The van der Waals surface area contributed by atoms with Crippen molar-refractivity contribution in [2.75, 3.05) is 20.6 Å². The zero-order valence-corrected chi connectivity index (χ0v) is 17.4. The lowest BCUT2D eigenvalue weighted by atomic mass is 9.92. The number of nitrogens with one attached hydrogen (secondary N) is 1. The lowest BCUT2D eigenvalue weighted by Gasteiger charge is -2.32. The number of carbonyl (C=O) groups excluding carboxylic acids is 1. The van der Waals surface area contributed by atoms with E-state index in [4.69, 9.17) is 9.84 Å². The Morgan fingerprint density at radius 3 is 2.04 bits per heavy atom. The fraction of sp³-hybridized carbons (Fsp3) is 0.368. The van der Waals surface area contributed by atoms with Crippen LogP contribution in [0.2, 0.25) is 0 Å². The number of ether oxygens (including phenoxy) is 1. The van der Waals surface area contributed by atoms with Crippen LogP contribution < -0.4 is 10.0 Å². The number of likely N-dealkylation sites (N-methyl/N-ethyl adjacent to an activating group) is 1. The molecule has 0 bridgehead atoms. The maximum atomic E-state index is 9.53. The fourth-order valence-corrected chi connectivity index (χ4v) is 4.04. The molecule has 2 rings (SSSR count). The number of quaternary nitrogens is 1. The second kappa shape index (κ2) is 11.0. The summed E-state index contributed by atoms with van der Waals surface area (Å²) in [5.41, 5.74) is 2.16. The topological polar surface area (TPSA) is 91.1 Å². The molecule has 0 saturated carbocycles. The summed E-state index contributed by atoms with van der Waals surface area (Å²) >= 11 is 3.45. The molecular weight excluding hydrogens is 386 g/mol. The first kappa shape index (κ1) is 23.0. The third kappa shape index (κ3) is 8.04. The summed E-state index contributed by atoms with van der Waals surface area (Å²) in [7, 11) is 4.32. The molecule has 2 heterocycles. The van der Waals surface area contributed by atoms with Gasteiger partial charge in [0.05, 0.1) is 20.1 Å². The zero-order valence-electron chi connectivity index (χ0n) is 15.8. The van der Waals surface area contributed by atoms with E-state index in [2.05, 4.69) is 61.6 Å². The van der Waals surface area contributed by atoms with Gasteiger partial charge in [0.25, 0.3) is 0 Å². The Morgan fingerprint density at radius 1 is 1.22 bits per heavy atom. The SMILES string of the molecule is CC(C[NH+](C)C)OC(C)(c1ccsc1)c1ccsc1.O=C([O-])/C=C/C(=O)O. The van der Waals surface area contributed by atoms with E-state index in [0.29, 0.717) is 12.2 Å². The number of aliphatic carboxylic acids is 2. The second-order valence-electron chi connectivity index (χ2n) is 6.39. The van der Waals surface area contributed by atoms with Gasteiger partial charge in [-0.2, -0.15) is 22.7 Å². The van der Waals surface area contributed by atoms with Crippen LogP contribution in [0.5, 0.6) is 0 Å². The molecular formula is C19H25NO5S2. The zero-order chi connectivity index (χ0) is 20.4. The molecule has 8 heteroatoms. The summed E-state index contributed by atoms with van der Waals surface area (Å²) < 4.78 is 6.43. The van der Waals surface area contributed by atoms with Crippen LogP contribution in [0, 0.1) is 0 Å². The lowest BCUT2D eigenvalue weighted by Crippen LogP contribution is -3.07. The summed E-state index contributed by atoms with van der Waals surface area (Å²) in [4.78, 5) is 20.4. The van der Waals surface area contributed by atoms with Gasteiger partial charge >= 0.3 is 5.97 Å². The number of hydrogen-bond acceptors (Lipinski definition) is 6. The van der Waals surface area contributed by atoms with E-state index in [0.717, 1.165) is 6.54 Å². The Balaban J connectivity index is 0.000000387. The van der Waals surface area contributed by atoms with Gasteiger partial charge < -0.3 is 24.6 Å². The minimum absolute atomic E-state index is 0.217. The third-order valence-electron chi connectivity index (χ3n) is 3.64. The van der Waals surface area contributed by atoms with Crippen molar-refractivity contribution in [3.8, 4) is 0 Å². The van der Waals surface area contributed by atoms with Gasteiger partial charge in [-0.15, -0.1) is 0 Å². The molecule has 0 amide bonds. The summed E-state index contributed by atoms with van der Waals surface area (Å²) in [6, 6.07) is 4.33. The predicted molar refractivity (Wildman–Crippen MR) is 105 cm³/mol. The van der Waals surface area contributed by atoms with Gasteiger partial charge in [-0.3, -0.25) is 0 Å². The van der Waals surface area contributed by atoms with Gasteiger partial charge in [0, 0.05) is 6.08 Å². The quantitative estimate of drug-likeness (QED) is 0.633. The minimum Gasteiger partial charge on any atom is -0.545 e. The molecule has 2 aromatic rings. The summed E-state index contributed by atoms with van der Waals surface area (Å²) in [5.74, 6) is -2.80. The molecule has 0 spiro atoms.